The van der Waals surface area contributed by atoms with Crippen molar-refractivity contribution in [1.29, 1.82) is 0 Å². The van der Waals surface area contributed by atoms with Gasteiger partial charge < -0.3 is 14.7 Å². The van der Waals surface area contributed by atoms with Crippen molar-refractivity contribution in [2.24, 2.45) is 5.92 Å². The average molecular weight is 284 g/mol. The molecule has 1 heterocycles. The van der Waals surface area contributed by atoms with Crippen molar-refractivity contribution >= 4 is 17.3 Å². The predicted octanol–water partition coefficient (Wildman–Crippen LogP) is 3.26. The molecule has 0 saturated carbocycles. The van der Waals surface area contributed by atoms with Crippen molar-refractivity contribution in [3.8, 4) is 0 Å². The highest BCUT2D eigenvalue weighted by Gasteiger charge is 2.20. The minimum absolute atomic E-state index is 0.524. The normalized spacial score (nSPS) is 21.5. The van der Waals surface area contributed by atoms with Gasteiger partial charge in [-0.2, -0.15) is 0 Å². The van der Waals surface area contributed by atoms with Crippen molar-refractivity contribution in [3.63, 3.8) is 0 Å². The molecule has 1 aliphatic heterocycles. The summed E-state index contributed by atoms with van der Waals surface area (Å²) in [6, 6.07) is 5.92. The second-order valence-electron chi connectivity index (χ2n) is 5.29. The van der Waals surface area contributed by atoms with Crippen molar-refractivity contribution in [2.45, 2.75) is 25.9 Å². The number of hydrogen-bond acceptors (Lipinski definition) is 3. The zero-order valence-corrected chi connectivity index (χ0v) is 12.4. The van der Waals surface area contributed by atoms with Gasteiger partial charge in [-0.15, -0.1) is 0 Å². The van der Waals surface area contributed by atoms with E-state index in [4.69, 9.17) is 16.3 Å². The molecule has 2 atom stereocenters. The number of aliphatic hydroxyl groups excluding tert-OH is 1. The van der Waals surface area contributed by atoms with E-state index in [1.165, 1.54) is 12.8 Å². The standard InChI is InChI=1S/C15H22ClNO2/c1-11(18)14-6-5-13(8-15(14)16)17-7-3-4-12(9-17)10-19-2/h5-6,8,11-12,18H,3-4,7,9-10H2,1-2H3. The Bertz CT molecular complexity index is 421. The summed E-state index contributed by atoms with van der Waals surface area (Å²) in [5.41, 5.74) is 1.92. The Morgan fingerprint density at radius 1 is 1.53 bits per heavy atom. The van der Waals surface area contributed by atoms with Crippen LogP contribution in [-0.4, -0.2) is 31.9 Å². The third-order valence-electron chi connectivity index (χ3n) is 3.72. The largest absolute Gasteiger partial charge is 0.389 e. The molecule has 0 aliphatic carbocycles. The summed E-state index contributed by atoms with van der Waals surface area (Å²) in [5.74, 6) is 0.592. The topological polar surface area (TPSA) is 32.7 Å². The first-order valence-electron chi connectivity index (χ1n) is 6.83. The molecule has 4 heteroatoms. The zero-order valence-electron chi connectivity index (χ0n) is 11.6. The lowest BCUT2D eigenvalue weighted by Crippen LogP contribution is -2.37. The molecule has 106 valence electrons. The second-order valence-corrected chi connectivity index (χ2v) is 5.70. The highest BCUT2D eigenvalue weighted by molar-refractivity contribution is 6.31. The number of ether oxygens (including phenoxy) is 1. The average Bonchev–Trinajstić information content (AvgIpc) is 2.39. The van der Waals surface area contributed by atoms with E-state index in [2.05, 4.69) is 4.90 Å². The molecule has 2 unspecified atom stereocenters. The summed E-state index contributed by atoms with van der Waals surface area (Å²) < 4.78 is 5.25. The maximum absolute atomic E-state index is 9.60. The van der Waals surface area contributed by atoms with Crippen molar-refractivity contribution in [3.05, 3.63) is 28.8 Å². The Kier molecular flexibility index (Phi) is 5.08. The fourth-order valence-corrected chi connectivity index (χ4v) is 3.06. The summed E-state index contributed by atoms with van der Waals surface area (Å²) in [5, 5.41) is 10.2. The molecule has 1 saturated heterocycles. The van der Waals surface area contributed by atoms with Gasteiger partial charge in [0.25, 0.3) is 0 Å². The molecule has 0 radical (unpaired) electrons. The number of benzene rings is 1. The van der Waals surface area contributed by atoms with Crippen molar-refractivity contribution in [2.75, 3.05) is 31.7 Å². The van der Waals surface area contributed by atoms with Crippen LogP contribution in [0.1, 0.15) is 31.4 Å². The third-order valence-corrected chi connectivity index (χ3v) is 4.05. The number of hydrogen-bond donors (Lipinski definition) is 1. The summed E-state index contributed by atoms with van der Waals surface area (Å²) >= 11 is 6.23. The lowest BCUT2D eigenvalue weighted by Gasteiger charge is -2.34. The molecular formula is C15H22ClNO2. The van der Waals surface area contributed by atoms with E-state index >= 15 is 0 Å². The fourth-order valence-electron chi connectivity index (χ4n) is 2.72. The first-order valence-corrected chi connectivity index (χ1v) is 7.21. The van der Waals surface area contributed by atoms with Crippen LogP contribution in [0.3, 0.4) is 0 Å². The molecule has 1 aromatic carbocycles. The van der Waals surface area contributed by atoms with Crippen LogP contribution in [0.15, 0.2) is 18.2 Å². The van der Waals surface area contributed by atoms with E-state index in [0.29, 0.717) is 10.9 Å². The van der Waals surface area contributed by atoms with Gasteiger partial charge in [0.2, 0.25) is 0 Å². The van der Waals surface area contributed by atoms with Crippen LogP contribution >= 0.6 is 11.6 Å². The summed E-state index contributed by atoms with van der Waals surface area (Å²) in [6.07, 6.45) is 1.89. The quantitative estimate of drug-likeness (QED) is 0.921. The minimum Gasteiger partial charge on any atom is -0.389 e. The lowest BCUT2D eigenvalue weighted by molar-refractivity contribution is 0.143. The molecule has 19 heavy (non-hydrogen) atoms. The summed E-state index contributed by atoms with van der Waals surface area (Å²) in [6.45, 7) is 4.62. The van der Waals surface area contributed by atoms with Gasteiger partial charge in [0.1, 0.15) is 0 Å². The highest BCUT2D eigenvalue weighted by atomic mass is 35.5. The van der Waals surface area contributed by atoms with E-state index in [-0.39, 0.29) is 0 Å². The van der Waals surface area contributed by atoms with Gasteiger partial charge in [0.05, 0.1) is 12.7 Å². The minimum atomic E-state index is -0.524. The van der Waals surface area contributed by atoms with Crippen LogP contribution in [0.2, 0.25) is 5.02 Å². The van der Waals surface area contributed by atoms with E-state index in [9.17, 15) is 5.11 Å². The molecule has 2 rings (SSSR count). The molecule has 0 aromatic heterocycles. The number of halogens is 1. The number of piperidine rings is 1. The van der Waals surface area contributed by atoms with Crippen molar-refractivity contribution < 1.29 is 9.84 Å². The van der Waals surface area contributed by atoms with Gasteiger partial charge in [-0.05, 0) is 43.4 Å². The molecule has 1 aromatic rings. The second kappa shape index (κ2) is 6.60. The number of nitrogens with zero attached hydrogens (tertiary/aromatic N) is 1. The lowest BCUT2D eigenvalue weighted by atomic mass is 9.98. The van der Waals surface area contributed by atoms with Crippen LogP contribution < -0.4 is 4.90 Å². The first-order chi connectivity index (χ1) is 9.11. The molecule has 1 fully saturated rings. The van der Waals surface area contributed by atoms with Gasteiger partial charge in [-0.25, -0.2) is 0 Å². The molecule has 0 bridgehead atoms. The monoisotopic (exact) mass is 283 g/mol. The Morgan fingerprint density at radius 2 is 2.32 bits per heavy atom. The van der Waals surface area contributed by atoms with Gasteiger partial charge in [-0.1, -0.05) is 17.7 Å². The maximum atomic E-state index is 9.60. The Labute approximate surface area is 120 Å². The van der Waals surface area contributed by atoms with Gasteiger partial charge in [0.15, 0.2) is 0 Å². The van der Waals surface area contributed by atoms with Crippen LogP contribution in [-0.2, 0) is 4.74 Å². The SMILES string of the molecule is COCC1CCCN(c2ccc(C(C)O)c(Cl)c2)C1. The molecule has 0 amide bonds. The molecule has 1 N–H and O–H groups in total. The van der Waals surface area contributed by atoms with E-state index < -0.39 is 6.10 Å². The smallest absolute Gasteiger partial charge is 0.0776 e. The molecule has 3 nitrogen and oxygen atoms in total. The number of rotatable bonds is 4. The van der Waals surface area contributed by atoms with Crippen LogP contribution in [0.25, 0.3) is 0 Å². The number of methoxy groups -OCH3 is 1. The number of anilines is 1. The molecular weight excluding hydrogens is 262 g/mol. The van der Waals surface area contributed by atoms with Crippen LogP contribution in [0.4, 0.5) is 5.69 Å². The van der Waals surface area contributed by atoms with Crippen LogP contribution in [0.5, 0.6) is 0 Å². The first kappa shape index (κ1) is 14.6. The third kappa shape index (κ3) is 3.62. The maximum Gasteiger partial charge on any atom is 0.0776 e. The summed E-state index contributed by atoms with van der Waals surface area (Å²) in [7, 11) is 1.76. The molecule has 0 spiro atoms. The Morgan fingerprint density at radius 3 is 2.95 bits per heavy atom. The molecule has 1 aliphatic rings. The van der Waals surface area contributed by atoms with E-state index in [0.717, 1.165) is 30.9 Å². The Hall–Kier alpha value is -0.770. The van der Waals surface area contributed by atoms with Crippen LogP contribution in [0, 0.1) is 5.92 Å². The summed E-state index contributed by atoms with van der Waals surface area (Å²) in [4.78, 5) is 2.35. The zero-order chi connectivity index (χ0) is 13.8. The fraction of sp³-hybridized carbons (Fsp3) is 0.600. The van der Waals surface area contributed by atoms with Gasteiger partial charge in [0, 0.05) is 30.9 Å². The highest BCUT2D eigenvalue weighted by Crippen LogP contribution is 2.30. The van der Waals surface area contributed by atoms with Crippen molar-refractivity contribution in [1.82, 2.24) is 0 Å². The Balaban J connectivity index is 2.11. The van der Waals surface area contributed by atoms with E-state index in [1.807, 2.05) is 18.2 Å². The van der Waals surface area contributed by atoms with Gasteiger partial charge >= 0.3 is 0 Å². The van der Waals surface area contributed by atoms with Gasteiger partial charge in [-0.3, -0.25) is 0 Å². The number of aliphatic hydroxyl groups is 1. The van der Waals surface area contributed by atoms with E-state index in [1.54, 1.807) is 14.0 Å². The predicted molar refractivity (Wildman–Crippen MR) is 78.9 cm³/mol.